The molecule has 2 unspecified atom stereocenters. The first-order valence-corrected chi connectivity index (χ1v) is 10.2. The maximum Gasteiger partial charge on any atom is 0.309 e. The van der Waals surface area contributed by atoms with Crippen molar-refractivity contribution in [2.75, 3.05) is 13.7 Å². The van der Waals surface area contributed by atoms with Crippen LogP contribution in [0, 0.1) is 5.92 Å². The number of methoxy groups -OCH3 is 1. The summed E-state index contributed by atoms with van der Waals surface area (Å²) >= 11 is 0. The van der Waals surface area contributed by atoms with Crippen molar-refractivity contribution < 1.29 is 23.9 Å². The highest BCUT2D eigenvalue weighted by atomic mass is 16.5. The molecule has 0 bridgehead atoms. The number of carbonyl (C=O) groups excluding carboxylic acids is 4. The minimum Gasteiger partial charge on any atom is -0.469 e. The summed E-state index contributed by atoms with van der Waals surface area (Å²) in [6.45, 7) is 9.52. The molecule has 0 fully saturated rings. The molecule has 7 nitrogen and oxygen atoms in total. The van der Waals surface area contributed by atoms with Gasteiger partial charge >= 0.3 is 5.97 Å². The fourth-order valence-electron chi connectivity index (χ4n) is 2.96. The summed E-state index contributed by atoms with van der Waals surface area (Å²) in [5, 5.41) is 5.56. The Hall–Kier alpha value is -1.76. The largest absolute Gasteiger partial charge is 0.469 e. The van der Waals surface area contributed by atoms with E-state index in [1.54, 1.807) is 0 Å². The number of hydrogen-bond acceptors (Lipinski definition) is 6. The summed E-state index contributed by atoms with van der Waals surface area (Å²) < 4.78 is 4.77. The summed E-state index contributed by atoms with van der Waals surface area (Å²) in [5.74, 6) is -2.55. The Morgan fingerprint density at radius 1 is 0.964 bits per heavy atom. The minimum absolute atomic E-state index is 0.00346. The predicted molar refractivity (Wildman–Crippen MR) is 109 cm³/mol. The summed E-state index contributed by atoms with van der Waals surface area (Å²) in [4.78, 5) is 48.7. The molecule has 162 valence electrons. The van der Waals surface area contributed by atoms with E-state index in [0.717, 1.165) is 25.7 Å². The first-order chi connectivity index (χ1) is 13.1. The van der Waals surface area contributed by atoms with Crippen molar-refractivity contribution in [2.24, 2.45) is 5.92 Å². The van der Waals surface area contributed by atoms with Gasteiger partial charge in [0.15, 0.2) is 5.78 Å². The summed E-state index contributed by atoms with van der Waals surface area (Å²) in [6, 6.07) is -0.586. The number of nitrogens with one attached hydrogen (secondary N) is 2. The number of amides is 1. The van der Waals surface area contributed by atoms with Gasteiger partial charge in [0.25, 0.3) is 5.91 Å². The van der Waals surface area contributed by atoms with Crippen LogP contribution in [-0.2, 0) is 23.9 Å². The number of ketones is 2. The molecule has 0 aliphatic heterocycles. The Morgan fingerprint density at radius 2 is 1.61 bits per heavy atom. The SMILES string of the molecule is CCCCCC(CC(=O)CNC(=O)C(=O)C(CCC)NC(C)(C)C)C(=O)OC. The zero-order valence-electron chi connectivity index (χ0n) is 18.4. The number of Topliss-reactive ketones (excluding diaryl/α,β-unsaturated/α-hetero) is 2. The lowest BCUT2D eigenvalue weighted by molar-refractivity contribution is -0.147. The lowest BCUT2D eigenvalue weighted by atomic mass is 9.95. The van der Waals surface area contributed by atoms with Gasteiger partial charge in [-0.05, 0) is 33.6 Å². The molecule has 0 aromatic heterocycles. The van der Waals surface area contributed by atoms with Gasteiger partial charge in [0.1, 0.15) is 0 Å². The van der Waals surface area contributed by atoms with Crippen molar-refractivity contribution in [3.8, 4) is 0 Å². The van der Waals surface area contributed by atoms with Gasteiger partial charge in [0.05, 0.1) is 25.6 Å². The Bertz CT molecular complexity index is 525. The van der Waals surface area contributed by atoms with Crippen LogP contribution in [0.3, 0.4) is 0 Å². The average Bonchev–Trinajstić information content (AvgIpc) is 2.62. The Kier molecular flexibility index (Phi) is 12.6. The van der Waals surface area contributed by atoms with Gasteiger partial charge in [-0.25, -0.2) is 0 Å². The summed E-state index contributed by atoms with van der Waals surface area (Å²) in [6.07, 6.45) is 4.71. The van der Waals surface area contributed by atoms with Gasteiger partial charge in [0.2, 0.25) is 5.78 Å². The molecule has 0 saturated carbocycles. The average molecular weight is 399 g/mol. The van der Waals surface area contributed by atoms with Gasteiger partial charge in [-0.2, -0.15) is 0 Å². The number of rotatable bonds is 14. The Balaban J connectivity index is 4.69. The maximum atomic E-state index is 12.4. The topological polar surface area (TPSA) is 102 Å². The third-order valence-electron chi connectivity index (χ3n) is 4.34. The minimum atomic E-state index is -0.774. The van der Waals surface area contributed by atoms with E-state index in [0.29, 0.717) is 12.8 Å². The van der Waals surface area contributed by atoms with Gasteiger partial charge in [-0.15, -0.1) is 0 Å². The van der Waals surface area contributed by atoms with Crippen LogP contribution in [0.5, 0.6) is 0 Å². The van der Waals surface area contributed by atoms with Crippen molar-refractivity contribution in [1.29, 1.82) is 0 Å². The summed E-state index contributed by atoms with van der Waals surface area (Å²) in [7, 11) is 1.30. The van der Waals surface area contributed by atoms with E-state index in [2.05, 4.69) is 17.6 Å². The number of esters is 1. The van der Waals surface area contributed by atoms with Crippen LogP contribution < -0.4 is 10.6 Å². The molecule has 0 spiro atoms. The molecule has 2 N–H and O–H groups in total. The molecule has 0 radical (unpaired) electrons. The molecule has 1 amide bonds. The van der Waals surface area contributed by atoms with Gasteiger partial charge in [-0.3, -0.25) is 19.2 Å². The smallest absolute Gasteiger partial charge is 0.309 e. The molecular weight excluding hydrogens is 360 g/mol. The molecule has 0 heterocycles. The van der Waals surface area contributed by atoms with E-state index in [9.17, 15) is 19.2 Å². The maximum absolute atomic E-state index is 12.4. The predicted octanol–water partition coefficient (Wildman–Crippen LogP) is 2.56. The van der Waals surface area contributed by atoms with Crippen molar-refractivity contribution in [3.63, 3.8) is 0 Å². The molecule has 0 aromatic rings. The van der Waals surface area contributed by atoms with Crippen LogP contribution in [0.15, 0.2) is 0 Å². The van der Waals surface area contributed by atoms with E-state index in [1.807, 2.05) is 27.7 Å². The molecular formula is C21H38N2O5. The Labute approximate surface area is 169 Å². The molecule has 0 aromatic carbocycles. The fourth-order valence-corrected chi connectivity index (χ4v) is 2.96. The Morgan fingerprint density at radius 3 is 2.11 bits per heavy atom. The van der Waals surface area contributed by atoms with Gasteiger partial charge in [-0.1, -0.05) is 39.5 Å². The van der Waals surface area contributed by atoms with E-state index >= 15 is 0 Å². The van der Waals surface area contributed by atoms with Crippen molar-refractivity contribution in [3.05, 3.63) is 0 Å². The molecule has 0 rings (SSSR count). The number of carbonyl (C=O) groups is 4. The number of hydrogen-bond donors (Lipinski definition) is 2. The fraction of sp³-hybridized carbons (Fsp3) is 0.810. The molecule has 0 saturated heterocycles. The highest BCUT2D eigenvalue weighted by Gasteiger charge is 2.28. The van der Waals surface area contributed by atoms with Crippen molar-refractivity contribution >= 4 is 23.4 Å². The molecule has 0 aliphatic carbocycles. The quantitative estimate of drug-likeness (QED) is 0.265. The van der Waals surface area contributed by atoms with Crippen LogP contribution in [0.4, 0.5) is 0 Å². The zero-order valence-corrected chi connectivity index (χ0v) is 18.4. The molecule has 0 aliphatic rings. The van der Waals surface area contributed by atoms with Crippen molar-refractivity contribution in [1.82, 2.24) is 10.6 Å². The van der Waals surface area contributed by atoms with Crippen LogP contribution >= 0.6 is 0 Å². The van der Waals surface area contributed by atoms with Crippen molar-refractivity contribution in [2.45, 2.75) is 91.1 Å². The van der Waals surface area contributed by atoms with Crippen LogP contribution in [-0.4, -0.2) is 48.7 Å². The van der Waals surface area contributed by atoms with Gasteiger partial charge < -0.3 is 15.4 Å². The third-order valence-corrected chi connectivity index (χ3v) is 4.34. The summed E-state index contributed by atoms with van der Waals surface area (Å²) in [5.41, 5.74) is -0.308. The lowest BCUT2D eigenvalue weighted by Gasteiger charge is -2.27. The first kappa shape index (κ1) is 26.2. The highest BCUT2D eigenvalue weighted by molar-refractivity contribution is 6.38. The zero-order chi connectivity index (χ0) is 21.7. The second-order valence-corrected chi connectivity index (χ2v) is 8.24. The lowest BCUT2D eigenvalue weighted by Crippen LogP contribution is -2.52. The standard InChI is InChI=1S/C21H38N2O5/c1-7-9-10-12-15(20(27)28-6)13-16(24)14-22-19(26)18(25)17(11-8-2)23-21(3,4)5/h15,17,23H,7-14H2,1-6H3,(H,22,26). The monoisotopic (exact) mass is 398 g/mol. The van der Waals surface area contributed by atoms with Crippen LogP contribution in [0.25, 0.3) is 0 Å². The number of unbranched alkanes of at least 4 members (excludes halogenated alkanes) is 2. The highest BCUT2D eigenvalue weighted by Crippen LogP contribution is 2.16. The van der Waals surface area contributed by atoms with Crippen LogP contribution in [0.1, 0.15) is 79.6 Å². The second kappa shape index (κ2) is 13.4. The normalized spacial score (nSPS) is 13.5. The number of ether oxygens (including phenoxy) is 1. The third kappa shape index (κ3) is 11.2. The van der Waals surface area contributed by atoms with E-state index < -0.39 is 29.6 Å². The molecule has 28 heavy (non-hydrogen) atoms. The molecule has 7 heteroatoms. The van der Waals surface area contributed by atoms with E-state index in [-0.39, 0.29) is 24.3 Å². The second-order valence-electron chi connectivity index (χ2n) is 8.24. The first-order valence-electron chi connectivity index (χ1n) is 10.2. The van der Waals surface area contributed by atoms with E-state index in [1.165, 1.54) is 7.11 Å². The van der Waals surface area contributed by atoms with Gasteiger partial charge in [0, 0.05) is 12.0 Å². The van der Waals surface area contributed by atoms with Crippen LogP contribution in [0.2, 0.25) is 0 Å². The van der Waals surface area contributed by atoms with E-state index in [4.69, 9.17) is 4.74 Å². The molecule has 2 atom stereocenters.